The molecule has 0 saturated carbocycles. The van der Waals surface area contributed by atoms with Gasteiger partial charge in [0.25, 0.3) is 5.82 Å². The van der Waals surface area contributed by atoms with Crippen molar-refractivity contribution in [1.82, 2.24) is 20.0 Å². The molecule has 1 atom stereocenters. The van der Waals surface area contributed by atoms with E-state index in [1.807, 2.05) is 0 Å². The van der Waals surface area contributed by atoms with Crippen molar-refractivity contribution in [3.63, 3.8) is 0 Å². The summed E-state index contributed by atoms with van der Waals surface area (Å²) in [4.78, 5) is 36.4. The molecule has 4 heterocycles. The molecule has 29 heavy (non-hydrogen) atoms. The minimum absolute atomic E-state index is 0.0287. The highest BCUT2D eigenvalue weighted by Crippen LogP contribution is 2.34. The van der Waals surface area contributed by atoms with E-state index in [2.05, 4.69) is 30.8 Å². The summed E-state index contributed by atoms with van der Waals surface area (Å²) in [6.07, 6.45) is 6.63. The van der Waals surface area contributed by atoms with Crippen LogP contribution in [-0.2, 0) is 9.63 Å². The normalized spacial score (nSPS) is 19.6. The Morgan fingerprint density at radius 2 is 2.07 bits per heavy atom. The zero-order chi connectivity index (χ0) is 20.2. The first-order valence-corrected chi connectivity index (χ1v) is 9.45. The van der Waals surface area contributed by atoms with E-state index in [0.29, 0.717) is 56.2 Å². The molecule has 4 rings (SSSR count). The van der Waals surface area contributed by atoms with Gasteiger partial charge in [-0.25, -0.2) is 5.06 Å². The van der Waals surface area contributed by atoms with E-state index in [1.54, 1.807) is 18.3 Å². The number of carbonyl (C=O) groups is 1. The molecule has 0 unspecified atom stereocenters. The van der Waals surface area contributed by atoms with Gasteiger partial charge in [0, 0.05) is 43.9 Å². The van der Waals surface area contributed by atoms with Crippen LogP contribution in [0.5, 0.6) is 0 Å². The van der Waals surface area contributed by atoms with Crippen LogP contribution >= 0.6 is 0 Å². The van der Waals surface area contributed by atoms with Crippen molar-refractivity contribution in [2.24, 2.45) is 5.92 Å². The van der Waals surface area contributed by atoms with Gasteiger partial charge in [0.05, 0.1) is 18.2 Å². The predicted molar refractivity (Wildman–Crippen MR) is 102 cm³/mol. The minimum atomic E-state index is -0.218. The fourth-order valence-corrected chi connectivity index (χ4v) is 3.80. The lowest BCUT2D eigenvalue weighted by molar-refractivity contribution is -0.182. The number of hydrogen-bond acceptors (Lipinski definition) is 7. The van der Waals surface area contributed by atoms with Crippen LogP contribution in [0.2, 0.25) is 0 Å². The van der Waals surface area contributed by atoms with E-state index in [9.17, 15) is 4.79 Å². The molecule has 2 saturated heterocycles. The number of anilines is 1. The molecule has 146 valence electrons. The molecule has 0 aliphatic carbocycles. The fraction of sp³-hybridized carbons (Fsp3) is 0.400. The number of hydrogen-bond donors (Lipinski definition) is 0. The Hall–Kier alpha value is -3.56. The maximum atomic E-state index is 13.1. The second-order valence-corrected chi connectivity index (χ2v) is 7.03. The van der Waals surface area contributed by atoms with E-state index >= 15 is 0 Å². The van der Waals surface area contributed by atoms with Gasteiger partial charge in [-0.2, -0.15) is 10.2 Å². The molecule has 0 spiro atoms. The molecule has 0 radical (unpaired) electrons. The van der Waals surface area contributed by atoms with Crippen LogP contribution in [0.1, 0.15) is 36.4 Å². The topological polar surface area (TPSA) is 99.6 Å². The third-order valence-corrected chi connectivity index (χ3v) is 5.32. The van der Waals surface area contributed by atoms with Gasteiger partial charge in [0.1, 0.15) is 11.9 Å². The van der Waals surface area contributed by atoms with Gasteiger partial charge < -0.3 is 9.74 Å². The van der Waals surface area contributed by atoms with Crippen LogP contribution in [0.4, 0.5) is 11.6 Å². The summed E-state index contributed by atoms with van der Waals surface area (Å²) >= 11 is 0. The quantitative estimate of drug-likeness (QED) is 0.743. The number of pyridine rings is 1. The van der Waals surface area contributed by atoms with Crippen LogP contribution in [0.15, 0.2) is 30.9 Å². The smallest absolute Gasteiger partial charge is 0.274 e. The molecule has 1 amide bonds. The molecule has 2 aliphatic heterocycles. The van der Waals surface area contributed by atoms with Crippen molar-refractivity contribution in [3.05, 3.63) is 53.4 Å². The summed E-state index contributed by atoms with van der Waals surface area (Å²) in [5, 5.41) is 10.6. The molecule has 2 aliphatic rings. The number of carbonyl (C=O) groups excluding carboxylic acids is 1. The number of nitrogens with zero attached hydrogens (tertiary/aromatic N) is 7. The van der Waals surface area contributed by atoms with Crippen molar-refractivity contribution >= 4 is 17.5 Å². The first kappa shape index (κ1) is 18.8. The highest BCUT2D eigenvalue weighted by atomic mass is 16.7. The van der Waals surface area contributed by atoms with Gasteiger partial charge >= 0.3 is 0 Å². The molecule has 2 aromatic rings. The molecule has 0 aromatic carbocycles. The van der Waals surface area contributed by atoms with Crippen molar-refractivity contribution in [2.75, 3.05) is 24.6 Å². The third-order valence-electron chi connectivity index (χ3n) is 5.32. The van der Waals surface area contributed by atoms with Crippen molar-refractivity contribution in [1.29, 1.82) is 5.26 Å². The summed E-state index contributed by atoms with van der Waals surface area (Å²) in [6, 6.07) is 5.30. The van der Waals surface area contributed by atoms with Crippen LogP contribution in [-0.4, -0.2) is 45.6 Å². The Morgan fingerprint density at radius 1 is 1.24 bits per heavy atom. The van der Waals surface area contributed by atoms with Crippen LogP contribution in [0.3, 0.4) is 0 Å². The monoisotopic (exact) mass is 389 g/mol. The summed E-state index contributed by atoms with van der Waals surface area (Å²) in [6.45, 7) is 8.90. The molecule has 9 nitrogen and oxygen atoms in total. The third kappa shape index (κ3) is 3.86. The molecular formula is C20H19N7O2. The lowest BCUT2D eigenvalue weighted by atomic mass is 9.94. The van der Waals surface area contributed by atoms with E-state index in [4.69, 9.17) is 16.7 Å². The average molecular weight is 389 g/mol. The Balaban J connectivity index is 1.42. The molecule has 0 bridgehead atoms. The molecule has 0 N–H and O–H groups in total. The van der Waals surface area contributed by atoms with Crippen molar-refractivity contribution in [3.8, 4) is 6.07 Å². The van der Waals surface area contributed by atoms with Gasteiger partial charge in [-0.1, -0.05) is 6.57 Å². The highest BCUT2D eigenvalue weighted by Gasteiger charge is 2.37. The standard InChI is InChI=1S/C20H19N7O2/c1-22-18-9-19(25-13-24-18)26-5-2-15(3-6-26)20(28)27-17(4-7-29-27)16-8-14(10-21)11-23-12-16/h8-9,11-13,15,17H,2-7H2/t17-/m0/s1. The number of hydroxylamine groups is 2. The Kier molecular flexibility index (Phi) is 5.32. The molecule has 2 aromatic heterocycles. The molecule has 2 fully saturated rings. The van der Waals surface area contributed by atoms with Gasteiger partial charge in [0.15, 0.2) is 0 Å². The van der Waals surface area contributed by atoms with Crippen molar-refractivity contribution in [2.45, 2.75) is 25.3 Å². The van der Waals surface area contributed by atoms with Crippen molar-refractivity contribution < 1.29 is 9.63 Å². The van der Waals surface area contributed by atoms with Gasteiger partial charge in [-0.15, -0.1) is 4.98 Å². The maximum absolute atomic E-state index is 13.1. The van der Waals surface area contributed by atoms with Gasteiger partial charge in [-0.3, -0.25) is 14.6 Å². The minimum Gasteiger partial charge on any atom is -0.360 e. The largest absolute Gasteiger partial charge is 0.360 e. The Morgan fingerprint density at radius 3 is 2.83 bits per heavy atom. The summed E-state index contributed by atoms with van der Waals surface area (Å²) < 4.78 is 0. The van der Waals surface area contributed by atoms with Crippen LogP contribution in [0, 0.1) is 23.8 Å². The number of amides is 1. The zero-order valence-corrected chi connectivity index (χ0v) is 15.7. The first-order chi connectivity index (χ1) is 14.2. The number of piperidine rings is 1. The van der Waals surface area contributed by atoms with E-state index in [-0.39, 0.29) is 17.9 Å². The zero-order valence-electron chi connectivity index (χ0n) is 15.7. The highest BCUT2D eigenvalue weighted by molar-refractivity contribution is 5.79. The van der Waals surface area contributed by atoms with Gasteiger partial charge in [-0.05, 0) is 24.5 Å². The lowest BCUT2D eigenvalue weighted by Crippen LogP contribution is -2.42. The van der Waals surface area contributed by atoms with Crippen LogP contribution < -0.4 is 4.90 Å². The number of rotatable bonds is 3. The Bertz CT molecular complexity index is 989. The SMILES string of the molecule is [C-]#[N+]c1cc(N2CCC(C(=O)N3OCC[C@H]3c3cncc(C#N)c3)CC2)ncn1. The van der Waals surface area contributed by atoms with E-state index in [1.165, 1.54) is 17.6 Å². The van der Waals surface area contributed by atoms with E-state index < -0.39 is 0 Å². The van der Waals surface area contributed by atoms with Gasteiger partial charge in [0.2, 0.25) is 12.2 Å². The summed E-state index contributed by atoms with van der Waals surface area (Å²) in [5.74, 6) is 0.862. The van der Waals surface area contributed by atoms with E-state index in [0.717, 1.165) is 5.56 Å². The number of nitriles is 1. The number of aromatic nitrogens is 3. The lowest BCUT2D eigenvalue weighted by Gasteiger charge is -2.34. The van der Waals surface area contributed by atoms with Crippen LogP contribution in [0.25, 0.3) is 4.85 Å². The maximum Gasteiger partial charge on any atom is 0.274 e. The molecular weight excluding hydrogens is 370 g/mol. The average Bonchev–Trinajstić information content (AvgIpc) is 3.29. The molecule has 9 heteroatoms. The summed E-state index contributed by atoms with van der Waals surface area (Å²) in [7, 11) is 0. The Labute approximate surface area is 168 Å². The first-order valence-electron chi connectivity index (χ1n) is 9.45. The second-order valence-electron chi connectivity index (χ2n) is 7.03. The second kappa shape index (κ2) is 8.21. The summed E-state index contributed by atoms with van der Waals surface area (Å²) in [5.41, 5.74) is 1.29. The fourth-order valence-electron chi connectivity index (χ4n) is 3.80. The predicted octanol–water partition coefficient (Wildman–Crippen LogP) is 2.42.